The molecule has 1 amide bonds. The third-order valence-corrected chi connectivity index (χ3v) is 8.56. The average molecular weight is 482 g/mol. The van der Waals surface area contributed by atoms with E-state index in [4.69, 9.17) is 5.26 Å². The molecule has 1 N–H and O–H groups in total. The van der Waals surface area contributed by atoms with Crippen LogP contribution in [0.1, 0.15) is 24.0 Å². The van der Waals surface area contributed by atoms with Crippen LogP contribution < -0.4 is 5.32 Å². The topological polar surface area (TPSA) is 96.8 Å². The van der Waals surface area contributed by atoms with E-state index >= 15 is 0 Å². The number of nitrogens with one attached hydrogen (secondary N) is 1. The van der Waals surface area contributed by atoms with Crippen molar-refractivity contribution in [3.05, 3.63) is 59.7 Å². The summed E-state index contributed by atoms with van der Waals surface area (Å²) >= 11 is 0. The lowest BCUT2D eigenvalue weighted by molar-refractivity contribution is -0.120. The summed E-state index contributed by atoms with van der Waals surface area (Å²) in [6.45, 7) is 5.66. The van der Waals surface area contributed by atoms with Crippen molar-refractivity contribution in [2.24, 2.45) is 5.92 Å². The van der Waals surface area contributed by atoms with Gasteiger partial charge in [0.25, 0.3) is 0 Å². The Balaban J connectivity index is 1.31. The number of rotatable bonds is 6. The molecule has 0 radical (unpaired) electrons. The first-order valence-electron chi connectivity index (χ1n) is 11.7. The van der Waals surface area contributed by atoms with Gasteiger partial charge in [0.1, 0.15) is 0 Å². The Hall–Kier alpha value is -2.77. The lowest BCUT2D eigenvalue weighted by atomic mass is 9.97. The predicted molar refractivity (Wildman–Crippen MR) is 130 cm³/mol. The lowest BCUT2D eigenvalue weighted by Gasteiger charge is -2.32. The van der Waals surface area contributed by atoms with Gasteiger partial charge in [0.2, 0.25) is 15.9 Å². The van der Waals surface area contributed by atoms with Crippen molar-refractivity contribution in [2.75, 3.05) is 51.6 Å². The molecule has 0 spiro atoms. The number of piperazine rings is 1. The first-order chi connectivity index (χ1) is 16.3. The Morgan fingerprint density at radius 1 is 1.03 bits per heavy atom. The second-order valence-electron chi connectivity index (χ2n) is 9.08. The van der Waals surface area contributed by atoms with Crippen molar-refractivity contribution in [3.63, 3.8) is 0 Å². The highest BCUT2D eigenvalue weighted by atomic mass is 32.2. The van der Waals surface area contributed by atoms with Crippen LogP contribution in [0.25, 0.3) is 0 Å². The van der Waals surface area contributed by atoms with Crippen molar-refractivity contribution in [1.82, 2.24) is 14.1 Å². The minimum atomic E-state index is -3.63. The van der Waals surface area contributed by atoms with Crippen molar-refractivity contribution in [2.45, 2.75) is 24.3 Å². The lowest BCUT2D eigenvalue weighted by Crippen LogP contribution is -2.43. The normalized spacial score (nSPS) is 18.9. The largest absolute Gasteiger partial charge is 0.326 e. The van der Waals surface area contributed by atoms with Crippen molar-refractivity contribution in [3.8, 4) is 6.07 Å². The van der Waals surface area contributed by atoms with Gasteiger partial charge < -0.3 is 10.2 Å². The van der Waals surface area contributed by atoms with Crippen LogP contribution in [0.5, 0.6) is 0 Å². The molecule has 8 nitrogen and oxygen atoms in total. The van der Waals surface area contributed by atoms with E-state index in [9.17, 15) is 13.2 Å². The molecule has 0 bridgehead atoms. The number of sulfonamides is 1. The number of hydrogen-bond donors (Lipinski definition) is 1. The summed E-state index contributed by atoms with van der Waals surface area (Å²) in [4.78, 5) is 17.8. The van der Waals surface area contributed by atoms with Crippen molar-refractivity contribution in [1.29, 1.82) is 5.26 Å². The molecule has 2 fully saturated rings. The molecule has 34 heavy (non-hydrogen) atoms. The highest BCUT2D eigenvalue weighted by Gasteiger charge is 2.32. The smallest absolute Gasteiger partial charge is 0.243 e. The molecule has 2 aliphatic rings. The van der Waals surface area contributed by atoms with Gasteiger partial charge in [-0.25, -0.2) is 8.42 Å². The zero-order chi connectivity index (χ0) is 24.1. The second kappa shape index (κ2) is 10.7. The van der Waals surface area contributed by atoms with Gasteiger partial charge in [-0.3, -0.25) is 9.69 Å². The first-order valence-corrected chi connectivity index (χ1v) is 13.1. The van der Waals surface area contributed by atoms with E-state index < -0.39 is 10.0 Å². The highest BCUT2D eigenvalue weighted by Crippen LogP contribution is 2.25. The van der Waals surface area contributed by atoms with E-state index in [0.717, 1.165) is 38.4 Å². The minimum absolute atomic E-state index is 0.0628. The van der Waals surface area contributed by atoms with Crippen LogP contribution in [0.3, 0.4) is 0 Å². The number of anilines is 1. The summed E-state index contributed by atoms with van der Waals surface area (Å²) in [5.41, 5.74) is 2.37. The zero-order valence-electron chi connectivity index (χ0n) is 19.5. The first kappa shape index (κ1) is 24.4. The fourth-order valence-electron chi connectivity index (χ4n) is 4.46. The van der Waals surface area contributed by atoms with Gasteiger partial charge in [-0.1, -0.05) is 12.1 Å². The summed E-state index contributed by atoms with van der Waals surface area (Å²) in [6.07, 6.45) is 0.949. The quantitative estimate of drug-likeness (QED) is 0.680. The van der Waals surface area contributed by atoms with Crippen molar-refractivity contribution >= 4 is 21.6 Å². The molecule has 0 unspecified atom stereocenters. The number of nitriles is 1. The Bertz CT molecular complexity index is 1140. The maximum atomic E-state index is 12.9. The zero-order valence-corrected chi connectivity index (χ0v) is 20.3. The van der Waals surface area contributed by atoms with Gasteiger partial charge in [0.15, 0.2) is 0 Å². The summed E-state index contributed by atoms with van der Waals surface area (Å²) in [7, 11) is -1.49. The molecule has 2 aromatic carbocycles. The van der Waals surface area contributed by atoms with E-state index in [2.05, 4.69) is 28.2 Å². The summed E-state index contributed by atoms with van der Waals surface area (Å²) < 4.78 is 27.2. The fourth-order valence-corrected chi connectivity index (χ4v) is 5.93. The molecule has 2 aromatic rings. The van der Waals surface area contributed by atoms with E-state index in [0.29, 0.717) is 31.5 Å². The average Bonchev–Trinajstić information content (AvgIpc) is 2.86. The number of piperidine rings is 1. The molecule has 180 valence electrons. The van der Waals surface area contributed by atoms with Gasteiger partial charge in [0, 0.05) is 57.4 Å². The molecule has 2 aliphatic heterocycles. The van der Waals surface area contributed by atoms with Crippen LogP contribution in [0.15, 0.2) is 53.4 Å². The number of likely N-dealkylation sites (N-methyl/N-ethyl adjacent to an activating group) is 1. The molecule has 2 saturated heterocycles. The number of benzene rings is 2. The van der Waals surface area contributed by atoms with Gasteiger partial charge in [-0.05, 0) is 61.9 Å². The Morgan fingerprint density at radius 3 is 2.35 bits per heavy atom. The van der Waals surface area contributed by atoms with Crippen LogP contribution in [-0.4, -0.2) is 74.7 Å². The molecule has 2 heterocycles. The summed E-state index contributed by atoms with van der Waals surface area (Å²) in [5, 5.41) is 11.9. The molecule has 0 aromatic heterocycles. The third-order valence-electron chi connectivity index (χ3n) is 6.64. The van der Waals surface area contributed by atoms with Gasteiger partial charge in [-0.2, -0.15) is 9.57 Å². The standard InChI is InChI=1S/C25H31N5O3S/c1-28-13-15-29(16-14-28)19-21-3-2-4-23(17-21)27-25(31)22-9-11-30(12-10-22)34(32,33)24-7-5-20(18-26)6-8-24/h2-8,17,22H,9-16,19H2,1H3,(H,27,31). The van der Waals surface area contributed by atoms with Gasteiger partial charge >= 0.3 is 0 Å². The third kappa shape index (κ3) is 5.83. The maximum Gasteiger partial charge on any atom is 0.243 e. The van der Waals surface area contributed by atoms with Crippen molar-refractivity contribution < 1.29 is 13.2 Å². The summed E-state index contributed by atoms with van der Waals surface area (Å²) in [5.74, 6) is -0.291. The molecular formula is C25H31N5O3S. The highest BCUT2D eigenvalue weighted by molar-refractivity contribution is 7.89. The monoisotopic (exact) mass is 481 g/mol. The fraction of sp³-hybridized carbons (Fsp3) is 0.440. The molecule has 0 saturated carbocycles. The number of carbonyl (C=O) groups is 1. The predicted octanol–water partition coefficient (Wildman–Crippen LogP) is 2.35. The molecular weight excluding hydrogens is 450 g/mol. The van der Waals surface area contributed by atoms with E-state index in [-0.39, 0.29) is 16.7 Å². The molecule has 0 aliphatic carbocycles. The van der Waals surface area contributed by atoms with Crippen LogP contribution in [0, 0.1) is 17.2 Å². The Labute approximate surface area is 201 Å². The van der Waals surface area contributed by atoms with Gasteiger partial charge in [-0.15, -0.1) is 0 Å². The summed E-state index contributed by atoms with van der Waals surface area (Å²) in [6, 6.07) is 15.9. The molecule has 4 rings (SSSR count). The van der Waals surface area contributed by atoms with E-state index in [1.54, 1.807) is 0 Å². The number of amides is 1. The Morgan fingerprint density at radius 2 is 1.71 bits per heavy atom. The van der Waals surface area contributed by atoms with Crippen LogP contribution in [-0.2, 0) is 21.4 Å². The van der Waals surface area contributed by atoms with Gasteiger partial charge in [0.05, 0.1) is 16.5 Å². The van der Waals surface area contributed by atoms with Crippen LogP contribution in [0.2, 0.25) is 0 Å². The molecule has 0 atom stereocenters. The minimum Gasteiger partial charge on any atom is -0.326 e. The van der Waals surface area contributed by atoms with E-state index in [1.807, 2.05) is 24.3 Å². The van der Waals surface area contributed by atoms with Crippen LogP contribution >= 0.6 is 0 Å². The molecule has 9 heteroatoms. The number of carbonyl (C=O) groups excluding carboxylic acids is 1. The maximum absolute atomic E-state index is 12.9. The Kier molecular flexibility index (Phi) is 7.63. The SMILES string of the molecule is CN1CCN(Cc2cccc(NC(=O)C3CCN(S(=O)(=O)c4ccc(C#N)cc4)CC3)c2)CC1. The van der Waals surface area contributed by atoms with E-state index in [1.165, 1.54) is 34.1 Å². The second-order valence-corrected chi connectivity index (χ2v) is 11.0. The van der Waals surface area contributed by atoms with Crippen LogP contribution in [0.4, 0.5) is 5.69 Å². The number of hydrogen-bond acceptors (Lipinski definition) is 6. The number of nitrogens with zero attached hydrogens (tertiary/aromatic N) is 4.